The van der Waals surface area contributed by atoms with Crippen molar-refractivity contribution in [1.29, 1.82) is 0 Å². The number of imide groups is 1. The van der Waals surface area contributed by atoms with E-state index in [4.69, 9.17) is 4.74 Å². The summed E-state index contributed by atoms with van der Waals surface area (Å²) in [4.78, 5) is 52.8. The van der Waals surface area contributed by atoms with Crippen LogP contribution < -0.4 is 9.64 Å². The molecule has 0 bridgehead atoms. The van der Waals surface area contributed by atoms with Crippen molar-refractivity contribution in [2.45, 2.75) is 52.1 Å². The van der Waals surface area contributed by atoms with E-state index in [2.05, 4.69) is 0 Å². The molecule has 2 unspecified atom stereocenters. The molecule has 7 nitrogen and oxygen atoms in total. The van der Waals surface area contributed by atoms with E-state index in [0.29, 0.717) is 17.9 Å². The molecule has 3 amide bonds. The third-order valence-electron chi connectivity index (χ3n) is 5.37. The van der Waals surface area contributed by atoms with Crippen LogP contribution in [0.25, 0.3) is 0 Å². The maximum atomic E-state index is 13.2. The zero-order valence-electron chi connectivity index (χ0n) is 17.9. The van der Waals surface area contributed by atoms with Gasteiger partial charge in [-0.1, -0.05) is 37.3 Å². The quantitative estimate of drug-likeness (QED) is 0.389. The summed E-state index contributed by atoms with van der Waals surface area (Å²) in [5.74, 6) is -1.10. The lowest BCUT2D eigenvalue weighted by Gasteiger charge is -2.33. The molecule has 7 heteroatoms. The molecule has 2 atom stereocenters. The van der Waals surface area contributed by atoms with Gasteiger partial charge < -0.3 is 9.64 Å². The fourth-order valence-corrected chi connectivity index (χ4v) is 3.72. The molecule has 1 fully saturated rings. The highest BCUT2D eigenvalue weighted by atomic mass is 16.5. The SMILES string of the molecule is CCC(C)N(C(=O)Cc1ccccc1)C1CC(=O)N(c2ccc(OC(C)=O)cc2)C1=O. The molecule has 0 spiro atoms. The summed E-state index contributed by atoms with van der Waals surface area (Å²) < 4.78 is 5.00. The predicted molar refractivity (Wildman–Crippen MR) is 115 cm³/mol. The second-order valence-corrected chi connectivity index (χ2v) is 7.60. The van der Waals surface area contributed by atoms with E-state index < -0.39 is 17.9 Å². The maximum absolute atomic E-state index is 13.2. The number of ether oxygens (including phenoxy) is 1. The minimum Gasteiger partial charge on any atom is -0.427 e. The number of carbonyl (C=O) groups excluding carboxylic acids is 4. The van der Waals surface area contributed by atoms with Crippen LogP contribution in [0.4, 0.5) is 5.69 Å². The molecule has 1 saturated heterocycles. The Morgan fingerprint density at radius 2 is 1.74 bits per heavy atom. The van der Waals surface area contributed by atoms with E-state index in [1.54, 1.807) is 17.0 Å². The van der Waals surface area contributed by atoms with Crippen molar-refractivity contribution >= 4 is 29.4 Å². The standard InChI is InChI=1S/C24H26N2O5/c1-4-16(2)25(22(28)14-18-8-6-5-7-9-18)21-15-23(29)26(24(21)30)19-10-12-20(13-11-19)31-17(3)27/h5-13,16,21H,4,14-15H2,1-3H3. The topological polar surface area (TPSA) is 84.0 Å². The molecule has 0 aliphatic carbocycles. The molecule has 0 radical (unpaired) electrons. The number of hydrogen-bond acceptors (Lipinski definition) is 5. The zero-order chi connectivity index (χ0) is 22.5. The first-order valence-electron chi connectivity index (χ1n) is 10.3. The van der Waals surface area contributed by atoms with Gasteiger partial charge in [-0.15, -0.1) is 0 Å². The second kappa shape index (κ2) is 9.55. The van der Waals surface area contributed by atoms with Crippen molar-refractivity contribution in [2.24, 2.45) is 0 Å². The number of benzene rings is 2. The summed E-state index contributed by atoms with van der Waals surface area (Å²) >= 11 is 0. The summed E-state index contributed by atoms with van der Waals surface area (Å²) in [5.41, 5.74) is 1.24. The Balaban J connectivity index is 1.83. The lowest BCUT2D eigenvalue weighted by atomic mass is 10.1. The number of nitrogens with zero attached hydrogens (tertiary/aromatic N) is 2. The van der Waals surface area contributed by atoms with Crippen molar-refractivity contribution in [2.75, 3.05) is 4.90 Å². The maximum Gasteiger partial charge on any atom is 0.308 e. The summed E-state index contributed by atoms with van der Waals surface area (Å²) in [6.45, 7) is 5.12. The average Bonchev–Trinajstić information content (AvgIpc) is 3.02. The van der Waals surface area contributed by atoms with Gasteiger partial charge in [0.15, 0.2) is 0 Å². The predicted octanol–water partition coefficient (Wildman–Crippen LogP) is 3.11. The van der Waals surface area contributed by atoms with Gasteiger partial charge >= 0.3 is 5.97 Å². The molecular weight excluding hydrogens is 396 g/mol. The van der Waals surface area contributed by atoms with E-state index in [1.807, 2.05) is 44.2 Å². The molecule has 0 aromatic heterocycles. The molecule has 2 aromatic carbocycles. The summed E-state index contributed by atoms with van der Waals surface area (Å²) in [6.07, 6.45) is 0.769. The Labute approximate surface area is 181 Å². The van der Waals surface area contributed by atoms with Crippen LogP contribution >= 0.6 is 0 Å². The second-order valence-electron chi connectivity index (χ2n) is 7.60. The molecule has 1 aliphatic heterocycles. The molecule has 2 aromatic rings. The van der Waals surface area contributed by atoms with Gasteiger partial charge in [0.25, 0.3) is 5.91 Å². The van der Waals surface area contributed by atoms with Gasteiger partial charge in [0.2, 0.25) is 11.8 Å². The average molecular weight is 422 g/mol. The van der Waals surface area contributed by atoms with Gasteiger partial charge in [0.05, 0.1) is 18.5 Å². The van der Waals surface area contributed by atoms with E-state index >= 15 is 0 Å². The van der Waals surface area contributed by atoms with Crippen LogP contribution in [-0.2, 0) is 25.6 Å². The Kier molecular flexibility index (Phi) is 6.84. The van der Waals surface area contributed by atoms with Crippen LogP contribution in [-0.4, -0.2) is 40.7 Å². The Morgan fingerprint density at radius 1 is 1.10 bits per heavy atom. The lowest BCUT2D eigenvalue weighted by molar-refractivity contribution is -0.140. The van der Waals surface area contributed by atoms with Crippen molar-refractivity contribution in [3.63, 3.8) is 0 Å². The third-order valence-corrected chi connectivity index (χ3v) is 5.37. The van der Waals surface area contributed by atoms with Crippen molar-refractivity contribution in [3.8, 4) is 5.75 Å². The van der Waals surface area contributed by atoms with E-state index in [-0.39, 0.29) is 30.7 Å². The number of carbonyl (C=O) groups is 4. The largest absolute Gasteiger partial charge is 0.427 e. The van der Waals surface area contributed by atoms with Gasteiger partial charge in [0.1, 0.15) is 11.8 Å². The van der Waals surface area contributed by atoms with Gasteiger partial charge in [0, 0.05) is 13.0 Å². The smallest absolute Gasteiger partial charge is 0.308 e. The number of esters is 1. The van der Waals surface area contributed by atoms with Crippen LogP contribution in [0.5, 0.6) is 5.75 Å². The molecule has 0 N–H and O–H groups in total. The fourth-order valence-electron chi connectivity index (χ4n) is 3.72. The van der Waals surface area contributed by atoms with E-state index in [0.717, 1.165) is 10.5 Å². The summed E-state index contributed by atoms with van der Waals surface area (Å²) in [5, 5.41) is 0. The molecule has 3 rings (SSSR count). The first-order chi connectivity index (χ1) is 14.8. The fraction of sp³-hybridized carbons (Fsp3) is 0.333. The van der Waals surface area contributed by atoms with Gasteiger partial charge in [-0.2, -0.15) is 0 Å². The van der Waals surface area contributed by atoms with E-state index in [1.165, 1.54) is 19.1 Å². The van der Waals surface area contributed by atoms with Crippen molar-refractivity contribution < 1.29 is 23.9 Å². The Bertz CT molecular complexity index is 971. The van der Waals surface area contributed by atoms with Gasteiger partial charge in [-0.25, -0.2) is 4.90 Å². The number of anilines is 1. The van der Waals surface area contributed by atoms with Crippen LogP contribution in [0.3, 0.4) is 0 Å². The molecule has 1 heterocycles. The van der Waals surface area contributed by atoms with E-state index in [9.17, 15) is 19.2 Å². The summed E-state index contributed by atoms with van der Waals surface area (Å²) in [6, 6.07) is 14.5. The van der Waals surface area contributed by atoms with Crippen LogP contribution in [0.2, 0.25) is 0 Å². The number of hydrogen-bond donors (Lipinski definition) is 0. The first-order valence-corrected chi connectivity index (χ1v) is 10.3. The lowest BCUT2D eigenvalue weighted by Crippen LogP contribution is -2.50. The zero-order valence-corrected chi connectivity index (χ0v) is 17.9. The highest BCUT2D eigenvalue weighted by Crippen LogP contribution is 2.29. The Hall–Kier alpha value is -3.48. The number of amides is 3. The monoisotopic (exact) mass is 422 g/mol. The minimum atomic E-state index is -0.841. The van der Waals surface area contributed by atoms with Crippen LogP contribution in [0.15, 0.2) is 54.6 Å². The molecule has 162 valence electrons. The highest BCUT2D eigenvalue weighted by Gasteiger charge is 2.45. The summed E-state index contributed by atoms with van der Waals surface area (Å²) in [7, 11) is 0. The minimum absolute atomic E-state index is 0.0601. The Morgan fingerprint density at radius 3 is 2.32 bits per heavy atom. The molecule has 31 heavy (non-hydrogen) atoms. The van der Waals surface area contributed by atoms with Gasteiger partial charge in [-0.3, -0.25) is 19.2 Å². The van der Waals surface area contributed by atoms with Crippen molar-refractivity contribution in [1.82, 2.24) is 4.90 Å². The highest BCUT2D eigenvalue weighted by molar-refractivity contribution is 6.23. The third kappa shape index (κ3) is 4.99. The first kappa shape index (κ1) is 22.2. The molecular formula is C24H26N2O5. The number of rotatable bonds is 7. The normalized spacial score (nSPS) is 16.9. The van der Waals surface area contributed by atoms with Crippen LogP contribution in [0.1, 0.15) is 39.2 Å². The van der Waals surface area contributed by atoms with Gasteiger partial charge in [-0.05, 0) is 43.2 Å². The van der Waals surface area contributed by atoms with Crippen molar-refractivity contribution in [3.05, 3.63) is 60.2 Å². The molecule has 1 aliphatic rings. The molecule has 0 saturated carbocycles. The van der Waals surface area contributed by atoms with Crippen LogP contribution in [0, 0.1) is 0 Å².